The van der Waals surface area contributed by atoms with Crippen LogP contribution in [0, 0.1) is 5.92 Å². The standard InChI is InChI=1S/C15H21N5O/c1-12(2)5-8-20-9-6-14(19-20)18-15(21)17-11-13-4-3-7-16-10-13/h3-4,6-7,9-10,12H,5,8,11H2,1-2H3,(H2,17,18,19,21). The molecule has 0 radical (unpaired) electrons. The smallest absolute Gasteiger partial charge is 0.320 e. The lowest BCUT2D eigenvalue weighted by Gasteiger charge is -2.06. The molecule has 0 spiro atoms. The number of nitrogens with one attached hydrogen (secondary N) is 2. The number of rotatable bonds is 6. The minimum absolute atomic E-state index is 0.270. The predicted molar refractivity (Wildman–Crippen MR) is 81.8 cm³/mol. The highest BCUT2D eigenvalue weighted by atomic mass is 16.2. The van der Waals surface area contributed by atoms with E-state index in [1.54, 1.807) is 18.5 Å². The van der Waals surface area contributed by atoms with Crippen LogP contribution >= 0.6 is 0 Å². The monoisotopic (exact) mass is 287 g/mol. The Morgan fingerprint density at radius 2 is 2.24 bits per heavy atom. The van der Waals surface area contributed by atoms with Crippen LogP contribution < -0.4 is 10.6 Å². The van der Waals surface area contributed by atoms with Crippen LogP contribution in [0.25, 0.3) is 0 Å². The molecule has 2 aromatic rings. The predicted octanol–water partition coefficient (Wildman–Crippen LogP) is 2.65. The van der Waals surface area contributed by atoms with Gasteiger partial charge in [0.05, 0.1) is 0 Å². The van der Waals surface area contributed by atoms with Gasteiger partial charge in [-0.05, 0) is 24.0 Å². The summed E-state index contributed by atoms with van der Waals surface area (Å²) in [7, 11) is 0. The second-order valence-corrected chi connectivity index (χ2v) is 5.32. The summed E-state index contributed by atoms with van der Waals surface area (Å²) in [6.07, 6.45) is 6.36. The Kier molecular flexibility index (Phi) is 5.31. The molecule has 2 amide bonds. The molecule has 0 atom stereocenters. The molecule has 2 aromatic heterocycles. The molecule has 2 heterocycles. The third-order valence-electron chi connectivity index (χ3n) is 2.99. The fourth-order valence-electron chi connectivity index (χ4n) is 1.79. The van der Waals surface area contributed by atoms with Gasteiger partial charge in [0.15, 0.2) is 5.82 Å². The number of nitrogens with zero attached hydrogens (tertiary/aromatic N) is 3. The van der Waals surface area contributed by atoms with E-state index in [0.717, 1.165) is 18.5 Å². The Morgan fingerprint density at radius 1 is 1.38 bits per heavy atom. The van der Waals surface area contributed by atoms with E-state index in [4.69, 9.17) is 0 Å². The lowest BCUT2D eigenvalue weighted by atomic mass is 10.1. The van der Waals surface area contributed by atoms with Crippen molar-refractivity contribution < 1.29 is 4.79 Å². The van der Waals surface area contributed by atoms with E-state index < -0.39 is 0 Å². The first kappa shape index (κ1) is 15.0. The second-order valence-electron chi connectivity index (χ2n) is 5.32. The number of hydrogen-bond acceptors (Lipinski definition) is 3. The van der Waals surface area contributed by atoms with Gasteiger partial charge in [-0.25, -0.2) is 4.79 Å². The van der Waals surface area contributed by atoms with Crippen molar-refractivity contribution in [3.63, 3.8) is 0 Å². The van der Waals surface area contributed by atoms with Gasteiger partial charge in [-0.3, -0.25) is 15.0 Å². The third kappa shape index (κ3) is 5.25. The highest BCUT2D eigenvalue weighted by Gasteiger charge is 2.05. The van der Waals surface area contributed by atoms with E-state index in [2.05, 4.69) is 34.6 Å². The molecule has 0 aromatic carbocycles. The van der Waals surface area contributed by atoms with Crippen molar-refractivity contribution in [1.82, 2.24) is 20.1 Å². The molecule has 0 aliphatic heterocycles. The van der Waals surface area contributed by atoms with E-state index in [9.17, 15) is 4.79 Å². The normalized spacial score (nSPS) is 10.6. The Morgan fingerprint density at radius 3 is 2.95 bits per heavy atom. The Hall–Kier alpha value is -2.37. The first-order chi connectivity index (χ1) is 10.1. The minimum Gasteiger partial charge on any atom is -0.334 e. The summed E-state index contributed by atoms with van der Waals surface area (Å²) in [4.78, 5) is 15.8. The number of amides is 2. The number of carbonyl (C=O) groups excluding carboxylic acids is 1. The van der Waals surface area contributed by atoms with Gasteiger partial charge in [0, 0.05) is 37.7 Å². The fourth-order valence-corrected chi connectivity index (χ4v) is 1.79. The van der Waals surface area contributed by atoms with Gasteiger partial charge in [-0.1, -0.05) is 19.9 Å². The van der Waals surface area contributed by atoms with E-state index in [1.807, 2.05) is 23.0 Å². The summed E-state index contributed by atoms with van der Waals surface area (Å²) in [6, 6.07) is 5.27. The van der Waals surface area contributed by atoms with Crippen LogP contribution in [-0.4, -0.2) is 20.8 Å². The van der Waals surface area contributed by atoms with Crippen LogP contribution in [0.3, 0.4) is 0 Å². The Balaban J connectivity index is 1.77. The van der Waals surface area contributed by atoms with E-state index in [-0.39, 0.29) is 6.03 Å². The zero-order chi connectivity index (χ0) is 15.1. The highest BCUT2D eigenvalue weighted by molar-refractivity contribution is 5.88. The summed E-state index contributed by atoms with van der Waals surface area (Å²) < 4.78 is 1.84. The fraction of sp³-hybridized carbons (Fsp3) is 0.400. The number of carbonyl (C=O) groups is 1. The molecule has 6 nitrogen and oxygen atoms in total. The van der Waals surface area contributed by atoms with Crippen LogP contribution in [0.1, 0.15) is 25.8 Å². The average molecular weight is 287 g/mol. The van der Waals surface area contributed by atoms with Crippen molar-refractivity contribution in [2.75, 3.05) is 5.32 Å². The van der Waals surface area contributed by atoms with Crippen molar-refractivity contribution in [3.05, 3.63) is 42.4 Å². The van der Waals surface area contributed by atoms with Crippen LogP contribution in [0.4, 0.5) is 10.6 Å². The largest absolute Gasteiger partial charge is 0.334 e. The molecule has 0 saturated carbocycles. The number of aromatic nitrogens is 3. The molecule has 21 heavy (non-hydrogen) atoms. The van der Waals surface area contributed by atoms with Gasteiger partial charge < -0.3 is 5.32 Å². The van der Waals surface area contributed by atoms with E-state index in [0.29, 0.717) is 18.3 Å². The molecule has 2 N–H and O–H groups in total. The molecule has 112 valence electrons. The van der Waals surface area contributed by atoms with Gasteiger partial charge in [0.1, 0.15) is 0 Å². The number of hydrogen-bond donors (Lipinski definition) is 2. The van der Waals surface area contributed by atoms with Gasteiger partial charge in [-0.2, -0.15) is 5.10 Å². The summed E-state index contributed by atoms with van der Waals surface area (Å²) in [5, 5.41) is 9.79. The third-order valence-corrected chi connectivity index (χ3v) is 2.99. The van der Waals surface area contributed by atoms with E-state index in [1.165, 1.54) is 0 Å². The van der Waals surface area contributed by atoms with Gasteiger partial charge in [0.25, 0.3) is 0 Å². The summed E-state index contributed by atoms with van der Waals surface area (Å²) in [6.45, 7) is 5.65. The van der Waals surface area contributed by atoms with Crippen molar-refractivity contribution >= 4 is 11.8 Å². The zero-order valence-electron chi connectivity index (χ0n) is 12.4. The molecular weight excluding hydrogens is 266 g/mol. The maximum Gasteiger partial charge on any atom is 0.320 e. The van der Waals surface area contributed by atoms with E-state index >= 15 is 0 Å². The molecule has 0 fully saturated rings. The maximum absolute atomic E-state index is 11.8. The second kappa shape index (κ2) is 7.42. The molecule has 6 heteroatoms. The SMILES string of the molecule is CC(C)CCn1ccc(NC(=O)NCc2cccnc2)n1. The van der Waals surface area contributed by atoms with Crippen molar-refractivity contribution in [2.24, 2.45) is 5.92 Å². The van der Waals surface area contributed by atoms with Gasteiger partial charge >= 0.3 is 6.03 Å². The van der Waals surface area contributed by atoms with Crippen molar-refractivity contribution in [2.45, 2.75) is 33.4 Å². The lowest BCUT2D eigenvalue weighted by Crippen LogP contribution is -2.28. The van der Waals surface area contributed by atoms with Crippen LogP contribution in [0.2, 0.25) is 0 Å². The number of aryl methyl sites for hydroxylation is 1. The Labute approximate surface area is 124 Å². The topological polar surface area (TPSA) is 71.8 Å². The van der Waals surface area contributed by atoms with Crippen LogP contribution in [0.5, 0.6) is 0 Å². The highest BCUT2D eigenvalue weighted by Crippen LogP contribution is 2.06. The molecule has 2 rings (SSSR count). The minimum atomic E-state index is -0.270. The van der Waals surface area contributed by atoms with Gasteiger partial charge in [0.2, 0.25) is 0 Å². The van der Waals surface area contributed by atoms with Gasteiger partial charge in [-0.15, -0.1) is 0 Å². The molecule has 0 unspecified atom stereocenters. The number of pyridine rings is 1. The summed E-state index contributed by atoms with van der Waals surface area (Å²) >= 11 is 0. The first-order valence-electron chi connectivity index (χ1n) is 7.10. The molecule has 0 bridgehead atoms. The van der Waals surface area contributed by atoms with Crippen LogP contribution in [0.15, 0.2) is 36.8 Å². The summed E-state index contributed by atoms with van der Waals surface area (Å²) in [5.74, 6) is 1.19. The summed E-state index contributed by atoms with van der Waals surface area (Å²) in [5.41, 5.74) is 0.954. The van der Waals surface area contributed by atoms with Crippen molar-refractivity contribution in [3.8, 4) is 0 Å². The quantitative estimate of drug-likeness (QED) is 0.858. The lowest BCUT2D eigenvalue weighted by molar-refractivity contribution is 0.251. The zero-order valence-corrected chi connectivity index (χ0v) is 12.4. The van der Waals surface area contributed by atoms with Crippen LogP contribution in [-0.2, 0) is 13.1 Å². The maximum atomic E-state index is 11.8. The number of anilines is 1. The van der Waals surface area contributed by atoms with Crippen molar-refractivity contribution in [1.29, 1.82) is 0 Å². The molecule has 0 aliphatic carbocycles. The first-order valence-corrected chi connectivity index (χ1v) is 7.10. The molecule has 0 saturated heterocycles. The molecule has 0 aliphatic rings. The average Bonchev–Trinajstić information content (AvgIpc) is 2.91. The molecular formula is C15H21N5O. The number of urea groups is 1. The Bertz CT molecular complexity index is 564.